The quantitative estimate of drug-likeness (QED) is 0.394. The van der Waals surface area contributed by atoms with Crippen LogP contribution in [0.15, 0.2) is 0 Å². The largest absolute Gasteiger partial charge is 0.447 e. The van der Waals surface area contributed by atoms with Crippen LogP contribution in [0.3, 0.4) is 0 Å². The van der Waals surface area contributed by atoms with Crippen molar-refractivity contribution in [2.24, 2.45) is 0 Å². The van der Waals surface area contributed by atoms with Crippen LogP contribution in [0.1, 0.15) is 33.6 Å². The summed E-state index contributed by atoms with van der Waals surface area (Å²) in [6.07, 6.45) is 9.13. The minimum atomic E-state index is -1.55. The van der Waals surface area contributed by atoms with Crippen LogP contribution in [-0.2, 0) is 9.16 Å². The van der Waals surface area contributed by atoms with Crippen molar-refractivity contribution in [1.29, 1.82) is 0 Å². The first-order chi connectivity index (χ1) is 6.81. The van der Waals surface area contributed by atoms with Gasteiger partial charge in [-0.05, 0) is 31.0 Å². The number of ether oxygens (including phenoxy) is 1. The van der Waals surface area contributed by atoms with E-state index in [-0.39, 0.29) is 0 Å². The first-order valence-corrected chi connectivity index (χ1v) is 8.43. The second kappa shape index (κ2) is 6.19. The highest BCUT2D eigenvalue weighted by Gasteiger charge is 2.36. The molecule has 0 heterocycles. The minimum absolute atomic E-state index is 0.294. The fourth-order valence-corrected chi connectivity index (χ4v) is 1.97. The normalized spacial score (nSPS) is 12.3. The lowest BCUT2D eigenvalue weighted by molar-refractivity contribution is 0.236. The number of rotatable bonds is 6. The Bertz CT molecular complexity index is 211. The molecule has 2 nitrogen and oxygen atoms in total. The van der Waals surface area contributed by atoms with E-state index in [1.807, 2.05) is 0 Å². The van der Waals surface area contributed by atoms with Gasteiger partial charge in [0.1, 0.15) is 12.7 Å². The Morgan fingerprint density at radius 1 is 1.13 bits per heavy atom. The van der Waals surface area contributed by atoms with E-state index in [0.717, 1.165) is 19.4 Å². The summed E-state index contributed by atoms with van der Waals surface area (Å²) in [5, 5.41) is 0.294. The van der Waals surface area contributed by atoms with Crippen molar-refractivity contribution < 1.29 is 9.16 Å². The van der Waals surface area contributed by atoms with Gasteiger partial charge in [-0.1, -0.05) is 27.2 Å². The molecule has 0 amide bonds. The van der Waals surface area contributed by atoms with Crippen molar-refractivity contribution in [2.75, 3.05) is 13.2 Å². The van der Waals surface area contributed by atoms with Crippen molar-refractivity contribution >= 4 is 8.32 Å². The van der Waals surface area contributed by atoms with Gasteiger partial charge >= 0.3 is 0 Å². The molecule has 0 aromatic rings. The highest BCUT2D eigenvalue weighted by molar-refractivity contribution is 6.74. The summed E-state index contributed by atoms with van der Waals surface area (Å²) in [6, 6.07) is 0. The molecule has 0 aromatic carbocycles. The van der Waals surface area contributed by atoms with Gasteiger partial charge in [-0.2, -0.15) is 0 Å². The molecule has 0 atom stereocenters. The van der Waals surface area contributed by atoms with E-state index >= 15 is 0 Å². The Morgan fingerprint density at radius 2 is 1.67 bits per heavy atom. The van der Waals surface area contributed by atoms with Gasteiger partial charge in [0.2, 0.25) is 0 Å². The lowest BCUT2D eigenvalue weighted by Crippen LogP contribution is -2.40. The molecule has 0 saturated carbocycles. The van der Waals surface area contributed by atoms with Gasteiger partial charge in [0.25, 0.3) is 0 Å². The van der Waals surface area contributed by atoms with E-state index in [4.69, 9.17) is 15.6 Å². The van der Waals surface area contributed by atoms with Gasteiger partial charge in [-0.3, -0.25) is 0 Å². The molecule has 0 aliphatic rings. The van der Waals surface area contributed by atoms with Crippen molar-refractivity contribution in [3.8, 4) is 12.5 Å². The van der Waals surface area contributed by atoms with Gasteiger partial charge in [-0.25, -0.2) is 0 Å². The molecule has 0 fully saturated rings. The van der Waals surface area contributed by atoms with E-state index in [1.54, 1.807) is 0 Å². The standard InChI is InChI=1S/C12H24O2Si/c1-7-13-10-8-9-11-14-15(5,6)12(2,3)4/h1H,8-11H2,2-6H3. The third-order valence-electron chi connectivity index (χ3n) is 2.99. The predicted molar refractivity (Wildman–Crippen MR) is 67.2 cm³/mol. The van der Waals surface area contributed by atoms with Crippen LogP contribution in [-0.4, -0.2) is 21.5 Å². The van der Waals surface area contributed by atoms with Crippen LogP contribution in [0.25, 0.3) is 0 Å². The van der Waals surface area contributed by atoms with E-state index in [0.29, 0.717) is 11.6 Å². The third-order valence-corrected chi connectivity index (χ3v) is 7.53. The van der Waals surface area contributed by atoms with Crippen LogP contribution in [0.2, 0.25) is 18.1 Å². The molecule has 0 aliphatic heterocycles. The van der Waals surface area contributed by atoms with Crippen LogP contribution in [0.4, 0.5) is 0 Å². The summed E-state index contributed by atoms with van der Waals surface area (Å²) in [5.41, 5.74) is 0. The topological polar surface area (TPSA) is 18.5 Å². The van der Waals surface area contributed by atoms with Crippen molar-refractivity contribution in [3.63, 3.8) is 0 Å². The number of terminal acetylenes is 1. The van der Waals surface area contributed by atoms with Gasteiger partial charge in [-0.15, -0.1) is 0 Å². The van der Waals surface area contributed by atoms with Crippen LogP contribution in [0.5, 0.6) is 0 Å². The fourth-order valence-electron chi connectivity index (χ4n) is 0.879. The van der Waals surface area contributed by atoms with E-state index in [9.17, 15) is 0 Å². The van der Waals surface area contributed by atoms with Gasteiger partial charge in [0.15, 0.2) is 8.32 Å². The average Bonchev–Trinajstić information content (AvgIpc) is 2.09. The second-order valence-corrected chi connectivity index (χ2v) is 10.1. The molecular formula is C12H24O2Si. The Balaban J connectivity index is 3.64. The number of hydrogen-bond acceptors (Lipinski definition) is 2. The molecule has 15 heavy (non-hydrogen) atoms. The van der Waals surface area contributed by atoms with Crippen LogP contribution < -0.4 is 0 Å². The lowest BCUT2D eigenvalue weighted by Gasteiger charge is -2.36. The van der Waals surface area contributed by atoms with E-state index < -0.39 is 8.32 Å². The Kier molecular flexibility index (Phi) is 6.00. The second-order valence-electron chi connectivity index (χ2n) is 5.28. The number of unbranched alkanes of at least 4 members (excludes halogenated alkanes) is 1. The molecule has 0 unspecified atom stereocenters. The Morgan fingerprint density at radius 3 is 2.13 bits per heavy atom. The number of hydrogen-bond donors (Lipinski definition) is 0. The first-order valence-electron chi connectivity index (χ1n) is 5.52. The molecule has 0 bridgehead atoms. The van der Waals surface area contributed by atoms with E-state index in [1.165, 1.54) is 0 Å². The summed E-state index contributed by atoms with van der Waals surface area (Å²) in [5.74, 6) is 0. The molecule has 0 N–H and O–H groups in total. The SMILES string of the molecule is C#COCCCCO[Si](C)(C)C(C)(C)C. The van der Waals surface area contributed by atoms with Crippen LogP contribution in [0, 0.1) is 12.5 Å². The highest BCUT2D eigenvalue weighted by Crippen LogP contribution is 2.36. The first kappa shape index (κ1) is 14.5. The minimum Gasteiger partial charge on any atom is -0.447 e. The molecule has 0 radical (unpaired) electrons. The highest BCUT2D eigenvalue weighted by atomic mass is 28.4. The van der Waals surface area contributed by atoms with Gasteiger partial charge < -0.3 is 9.16 Å². The molecule has 0 spiro atoms. The monoisotopic (exact) mass is 228 g/mol. The predicted octanol–water partition coefficient (Wildman–Crippen LogP) is 3.40. The smallest absolute Gasteiger partial charge is 0.191 e. The van der Waals surface area contributed by atoms with Crippen LogP contribution >= 0.6 is 0 Å². The van der Waals surface area contributed by atoms with Crippen molar-refractivity contribution in [1.82, 2.24) is 0 Å². The fraction of sp³-hybridized carbons (Fsp3) is 0.833. The lowest BCUT2D eigenvalue weighted by atomic mass is 10.2. The maximum absolute atomic E-state index is 6.01. The summed E-state index contributed by atoms with van der Waals surface area (Å²) < 4.78 is 10.8. The average molecular weight is 228 g/mol. The summed E-state index contributed by atoms with van der Waals surface area (Å²) in [7, 11) is -1.55. The zero-order valence-corrected chi connectivity index (χ0v) is 11.7. The molecule has 0 rings (SSSR count). The van der Waals surface area contributed by atoms with Crippen molar-refractivity contribution in [3.05, 3.63) is 0 Å². The zero-order valence-electron chi connectivity index (χ0n) is 10.7. The molecular weight excluding hydrogens is 204 g/mol. The summed E-state index contributed by atoms with van der Waals surface area (Å²) in [6.45, 7) is 12.7. The molecule has 3 heteroatoms. The zero-order chi connectivity index (χ0) is 11.9. The third kappa shape index (κ3) is 5.86. The molecule has 0 aliphatic carbocycles. The Labute approximate surface area is 95.5 Å². The summed E-state index contributed by atoms with van der Waals surface area (Å²) >= 11 is 0. The summed E-state index contributed by atoms with van der Waals surface area (Å²) in [4.78, 5) is 0. The molecule has 88 valence electrons. The molecule has 0 saturated heterocycles. The van der Waals surface area contributed by atoms with E-state index in [2.05, 4.69) is 40.0 Å². The van der Waals surface area contributed by atoms with Gasteiger partial charge in [0.05, 0.1) is 0 Å². The van der Waals surface area contributed by atoms with Gasteiger partial charge in [0, 0.05) is 6.61 Å². The van der Waals surface area contributed by atoms with Crippen molar-refractivity contribution in [2.45, 2.75) is 51.7 Å². The maximum Gasteiger partial charge on any atom is 0.191 e. The Hall–Kier alpha value is -0.463. The maximum atomic E-state index is 6.01. The molecule has 0 aromatic heterocycles.